The molecule has 0 spiro atoms. The molecule has 0 radical (unpaired) electrons. The molecule has 74 valence electrons. The molecule has 0 aromatic carbocycles. The summed E-state index contributed by atoms with van der Waals surface area (Å²) >= 11 is 0. The van der Waals surface area contributed by atoms with E-state index in [0.717, 1.165) is 39.4 Å². The van der Waals surface area contributed by atoms with Gasteiger partial charge in [-0.2, -0.15) is 0 Å². The van der Waals surface area contributed by atoms with Crippen LogP contribution in [0.5, 0.6) is 0 Å². The van der Waals surface area contributed by atoms with Crippen LogP contribution in [-0.4, -0.2) is 44.9 Å². The predicted octanol–water partition coefficient (Wildman–Crippen LogP) is 0.912. The Morgan fingerprint density at radius 1 is 1.25 bits per heavy atom. The van der Waals surface area contributed by atoms with Crippen LogP contribution in [0.3, 0.4) is 0 Å². The molecule has 0 bridgehead atoms. The SMILES string of the molecule is CCCOCCN(CC)CNC. The first-order valence-corrected chi connectivity index (χ1v) is 4.79. The van der Waals surface area contributed by atoms with Crippen molar-refractivity contribution >= 4 is 0 Å². The largest absolute Gasteiger partial charge is 0.380 e. The third-order valence-corrected chi connectivity index (χ3v) is 1.73. The summed E-state index contributed by atoms with van der Waals surface area (Å²) in [7, 11) is 1.97. The molecular weight excluding hydrogens is 152 g/mol. The van der Waals surface area contributed by atoms with Gasteiger partial charge in [0.05, 0.1) is 6.61 Å². The maximum absolute atomic E-state index is 5.39. The Labute approximate surface area is 76.1 Å². The van der Waals surface area contributed by atoms with Crippen LogP contribution in [0, 0.1) is 0 Å². The summed E-state index contributed by atoms with van der Waals surface area (Å²) in [5, 5.41) is 3.13. The Morgan fingerprint density at radius 2 is 2.00 bits per heavy atom. The Morgan fingerprint density at radius 3 is 2.50 bits per heavy atom. The van der Waals surface area contributed by atoms with Crippen LogP contribution in [0.25, 0.3) is 0 Å². The summed E-state index contributed by atoms with van der Waals surface area (Å²) in [5.41, 5.74) is 0. The molecule has 0 aliphatic carbocycles. The fourth-order valence-corrected chi connectivity index (χ4v) is 1.01. The van der Waals surface area contributed by atoms with Crippen molar-refractivity contribution < 1.29 is 4.74 Å². The van der Waals surface area contributed by atoms with E-state index in [1.807, 2.05) is 7.05 Å². The molecule has 0 atom stereocenters. The van der Waals surface area contributed by atoms with Crippen LogP contribution in [0.15, 0.2) is 0 Å². The van der Waals surface area contributed by atoms with Gasteiger partial charge in [-0.05, 0) is 20.0 Å². The van der Waals surface area contributed by atoms with Gasteiger partial charge in [0, 0.05) is 19.8 Å². The van der Waals surface area contributed by atoms with Crippen molar-refractivity contribution in [2.45, 2.75) is 20.3 Å². The maximum Gasteiger partial charge on any atom is 0.0593 e. The minimum atomic E-state index is 0.851. The number of hydrogen-bond donors (Lipinski definition) is 1. The van der Waals surface area contributed by atoms with Crippen LogP contribution in [0.4, 0.5) is 0 Å². The van der Waals surface area contributed by atoms with E-state index in [4.69, 9.17) is 4.74 Å². The first-order chi connectivity index (χ1) is 5.85. The highest BCUT2D eigenvalue weighted by molar-refractivity contribution is 4.50. The molecule has 0 heterocycles. The summed E-state index contributed by atoms with van der Waals surface area (Å²) in [4.78, 5) is 2.32. The van der Waals surface area contributed by atoms with Gasteiger partial charge in [0.1, 0.15) is 0 Å². The zero-order valence-corrected chi connectivity index (χ0v) is 8.60. The summed E-state index contributed by atoms with van der Waals surface area (Å²) in [6.45, 7) is 9.09. The number of rotatable bonds is 8. The van der Waals surface area contributed by atoms with E-state index >= 15 is 0 Å². The average Bonchev–Trinajstić information content (AvgIpc) is 2.10. The van der Waals surface area contributed by atoms with Crippen LogP contribution in [-0.2, 0) is 4.74 Å². The minimum absolute atomic E-state index is 0.851. The normalized spacial score (nSPS) is 11.0. The molecule has 0 aliphatic heterocycles. The van der Waals surface area contributed by atoms with Gasteiger partial charge in [-0.15, -0.1) is 0 Å². The maximum atomic E-state index is 5.39. The Kier molecular flexibility index (Phi) is 8.88. The lowest BCUT2D eigenvalue weighted by atomic mass is 10.5. The van der Waals surface area contributed by atoms with Gasteiger partial charge in [0.2, 0.25) is 0 Å². The molecule has 0 saturated heterocycles. The molecule has 0 aliphatic rings. The van der Waals surface area contributed by atoms with Crippen molar-refractivity contribution in [3.8, 4) is 0 Å². The van der Waals surface area contributed by atoms with E-state index in [2.05, 4.69) is 24.1 Å². The van der Waals surface area contributed by atoms with E-state index in [9.17, 15) is 0 Å². The second-order valence-electron chi connectivity index (χ2n) is 2.83. The van der Waals surface area contributed by atoms with E-state index in [1.54, 1.807) is 0 Å². The zero-order valence-electron chi connectivity index (χ0n) is 8.60. The zero-order chi connectivity index (χ0) is 9.23. The van der Waals surface area contributed by atoms with Gasteiger partial charge in [0.25, 0.3) is 0 Å². The van der Waals surface area contributed by atoms with Crippen molar-refractivity contribution in [3.05, 3.63) is 0 Å². The van der Waals surface area contributed by atoms with Gasteiger partial charge >= 0.3 is 0 Å². The second-order valence-corrected chi connectivity index (χ2v) is 2.83. The molecular formula is C9H22N2O. The molecule has 1 N–H and O–H groups in total. The third kappa shape index (κ3) is 6.58. The van der Waals surface area contributed by atoms with Crippen LogP contribution in [0.2, 0.25) is 0 Å². The van der Waals surface area contributed by atoms with Crippen LogP contribution < -0.4 is 5.32 Å². The van der Waals surface area contributed by atoms with Crippen LogP contribution >= 0.6 is 0 Å². The molecule has 0 unspecified atom stereocenters. The Balaban J connectivity index is 3.19. The number of nitrogens with zero attached hydrogens (tertiary/aromatic N) is 1. The van der Waals surface area contributed by atoms with Gasteiger partial charge in [0.15, 0.2) is 0 Å². The molecule has 0 saturated carbocycles. The fraction of sp³-hybridized carbons (Fsp3) is 1.00. The topological polar surface area (TPSA) is 24.5 Å². The van der Waals surface area contributed by atoms with Gasteiger partial charge in [-0.3, -0.25) is 4.90 Å². The van der Waals surface area contributed by atoms with E-state index in [0.29, 0.717) is 0 Å². The highest BCUT2D eigenvalue weighted by Crippen LogP contribution is 1.86. The molecule has 3 heteroatoms. The Hall–Kier alpha value is -0.120. The van der Waals surface area contributed by atoms with Crippen molar-refractivity contribution in [3.63, 3.8) is 0 Å². The summed E-state index contributed by atoms with van der Waals surface area (Å²) in [5.74, 6) is 0. The summed E-state index contributed by atoms with van der Waals surface area (Å²) in [6, 6.07) is 0. The molecule has 0 fully saturated rings. The quantitative estimate of drug-likeness (QED) is 0.437. The first kappa shape index (κ1) is 11.9. The average molecular weight is 174 g/mol. The number of ether oxygens (including phenoxy) is 1. The van der Waals surface area contributed by atoms with Crippen molar-refractivity contribution in [1.29, 1.82) is 0 Å². The molecule has 0 amide bonds. The molecule has 0 aromatic rings. The van der Waals surface area contributed by atoms with Crippen molar-refractivity contribution in [2.24, 2.45) is 0 Å². The highest BCUT2D eigenvalue weighted by atomic mass is 16.5. The molecule has 0 rings (SSSR count). The smallest absolute Gasteiger partial charge is 0.0593 e. The van der Waals surface area contributed by atoms with E-state index < -0.39 is 0 Å². The van der Waals surface area contributed by atoms with Gasteiger partial charge in [-0.25, -0.2) is 0 Å². The van der Waals surface area contributed by atoms with Crippen molar-refractivity contribution in [2.75, 3.05) is 40.0 Å². The molecule has 3 nitrogen and oxygen atoms in total. The molecule has 12 heavy (non-hydrogen) atoms. The molecule has 0 aromatic heterocycles. The van der Waals surface area contributed by atoms with E-state index in [1.165, 1.54) is 0 Å². The monoisotopic (exact) mass is 174 g/mol. The third-order valence-electron chi connectivity index (χ3n) is 1.73. The summed E-state index contributed by atoms with van der Waals surface area (Å²) in [6.07, 6.45) is 1.11. The first-order valence-electron chi connectivity index (χ1n) is 4.79. The lowest BCUT2D eigenvalue weighted by molar-refractivity contribution is 0.104. The number of nitrogens with one attached hydrogen (secondary N) is 1. The highest BCUT2D eigenvalue weighted by Gasteiger charge is 1.98. The van der Waals surface area contributed by atoms with Gasteiger partial charge < -0.3 is 10.1 Å². The standard InChI is InChI=1S/C9H22N2O/c1-4-7-12-8-6-11(5-2)9-10-3/h10H,4-9H2,1-3H3. The lowest BCUT2D eigenvalue weighted by Crippen LogP contribution is -2.34. The van der Waals surface area contributed by atoms with E-state index in [-0.39, 0.29) is 0 Å². The van der Waals surface area contributed by atoms with Crippen LogP contribution in [0.1, 0.15) is 20.3 Å². The fourth-order valence-electron chi connectivity index (χ4n) is 1.01. The Bertz CT molecular complexity index is 88.6. The lowest BCUT2D eigenvalue weighted by Gasteiger charge is -2.19. The number of likely N-dealkylation sites (N-methyl/N-ethyl adjacent to an activating group) is 1. The predicted molar refractivity (Wildman–Crippen MR) is 52.3 cm³/mol. The van der Waals surface area contributed by atoms with Gasteiger partial charge in [-0.1, -0.05) is 13.8 Å². The second kappa shape index (κ2) is 8.97. The summed E-state index contributed by atoms with van der Waals surface area (Å²) < 4.78 is 5.39. The number of hydrogen-bond acceptors (Lipinski definition) is 3. The minimum Gasteiger partial charge on any atom is -0.380 e. The van der Waals surface area contributed by atoms with Crippen molar-refractivity contribution in [1.82, 2.24) is 10.2 Å².